The third kappa shape index (κ3) is 11.4. The van der Waals surface area contributed by atoms with Crippen LogP contribution in [-0.4, -0.2) is 42.8 Å². The Morgan fingerprint density at radius 2 is 2.07 bits per heavy atom. The molecular formula is C21H34N6O2. The van der Waals surface area contributed by atoms with E-state index in [2.05, 4.69) is 30.2 Å². The summed E-state index contributed by atoms with van der Waals surface area (Å²) in [7, 11) is 0. The van der Waals surface area contributed by atoms with Gasteiger partial charge in [-0.2, -0.15) is 0 Å². The molecule has 160 valence electrons. The maximum Gasteiger partial charge on any atom is 0.246 e. The average Bonchev–Trinajstić information content (AvgIpc) is 3.16. The summed E-state index contributed by atoms with van der Waals surface area (Å²) in [6.45, 7) is 16.4. The lowest BCUT2D eigenvalue weighted by Crippen LogP contribution is -2.28. The number of hydrazine groups is 1. The van der Waals surface area contributed by atoms with E-state index in [0.717, 1.165) is 24.1 Å². The van der Waals surface area contributed by atoms with Gasteiger partial charge in [-0.15, -0.1) is 0 Å². The molecule has 1 fully saturated rings. The summed E-state index contributed by atoms with van der Waals surface area (Å²) in [6.07, 6.45) is 10.9. The number of likely N-dealkylation sites (tertiary alicyclic amines) is 1. The first-order valence-electron chi connectivity index (χ1n) is 9.17. The molecule has 0 spiro atoms. The average molecular weight is 403 g/mol. The Kier molecular flexibility index (Phi) is 13.3. The Balaban J connectivity index is 0.000000555. The van der Waals surface area contributed by atoms with Crippen LogP contribution in [0.25, 0.3) is 0 Å². The molecular weight excluding hydrogens is 368 g/mol. The van der Waals surface area contributed by atoms with E-state index in [4.69, 9.17) is 22.0 Å². The molecule has 1 aliphatic rings. The molecule has 29 heavy (non-hydrogen) atoms. The zero-order chi connectivity index (χ0) is 22.2. The van der Waals surface area contributed by atoms with Crippen molar-refractivity contribution < 1.29 is 9.53 Å². The van der Waals surface area contributed by atoms with Crippen LogP contribution in [0.3, 0.4) is 0 Å². The van der Waals surface area contributed by atoms with Gasteiger partial charge in [0, 0.05) is 31.1 Å². The van der Waals surface area contributed by atoms with Gasteiger partial charge in [-0.1, -0.05) is 38.0 Å². The first-order valence-corrected chi connectivity index (χ1v) is 9.17. The maximum absolute atomic E-state index is 11.3. The SMILES string of the molecule is C=C(N)\N=C/C(=C\C)C(/N)=C/NN.C=C/C=C(\C)COC1CCN(C(=O)C=C)C1. The Labute approximate surface area is 173 Å². The number of nitrogens with two attached hydrogens (primary N) is 3. The lowest BCUT2D eigenvalue weighted by Gasteiger charge is -2.14. The minimum atomic E-state index is -0.00976. The van der Waals surface area contributed by atoms with E-state index in [1.807, 2.05) is 19.9 Å². The summed E-state index contributed by atoms with van der Waals surface area (Å²) in [5.41, 5.74) is 15.5. The van der Waals surface area contributed by atoms with Crippen LogP contribution < -0.4 is 22.7 Å². The van der Waals surface area contributed by atoms with Crippen molar-refractivity contribution in [1.29, 1.82) is 0 Å². The quantitative estimate of drug-likeness (QED) is 0.152. The van der Waals surface area contributed by atoms with Crippen molar-refractivity contribution in [3.8, 4) is 0 Å². The van der Waals surface area contributed by atoms with E-state index in [-0.39, 0.29) is 17.8 Å². The monoisotopic (exact) mass is 402 g/mol. The van der Waals surface area contributed by atoms with Gasteiger partial charge in [0.2, 0.25) is 5.91 Å². The number of allylic oxidation sites excluding steroid dienone is 4. The highest BCUT2D eigenvalue weighted by Crippen LogP contribution is 2.14. The van der Waals surface area contributed by atoms with Crippen LogP contribution in [0.2, 0.25) is 0 Å². The molecule has 1 atom stereocenters. The number of hydrogen-bond donors (Lipinski definition) is 4. The van der Waals surface area contributed by atoms with E-state index >= 15 is 0 Å². The third-order valence-corrected chi connectivity index (χ3v) is 3.83. The Morgan fingerprint density at radius 1 is 1.38 bits per heavy atom. The Morgan fingerprint density at radius 3 is 2.59 bits per heavy atom. The van der Waals surface area contributed by atoms with Crippen LogP contribution in [0.15, 0.2) is 77.9 Å². The summed E-state index contributed by atoms with van der Waals surface area (Å²) in [5.74, 6) is 5.28. The molecule has 7 N–H and O–H groups in total. The van der Waals surface area contributed by atoms with Gasteiger partial charge < -0.3 is 26.5 Å². The van der Waals surface area contributed by atoms with Gasteiger partial charge in [0.1, 0.15) is 5.82 Å². The molecule has 0 aromatic heterocycles. The maximum atomic E-state index is 11.3. The topological polar surface area (TPSA) is 132 Å². The zero-order valence-corrected chi connectivity index (χ0v) is 17.4. The van der Waals surface area contributed by atoms with Gasteiger partial charge >= 0.3 is 0 Å². The number of carbonyl (C=O) groups excluding carboxylic acids is 1. The highest BCUT2D eigenvalue weighted by molar-refractivity contribution is 5.87. The van der Waals surface area contributed by atoms with Crippen molar-refractivity contribution in [3.63, 3.8) is 0 Å². The molecule has 1 heterocycles. The second-order valence-corrected chi connectivity index (χ2v) is 6.22. The number of hydrogen-bond acceptors (Lipinski definition) is 7. The molecule has 1 aliphatic heterocycles. The first kappa shape index (κ1) is 25.9. The highest BCUT2D eigenvalue weighted by Gasteiger charge is 2.25. The van der Waals surface area contributed by atoms with Crippen molar-refractivity contribution in [2.75, 3.05) is 19.7 Å². The predicted molar refractivity (Wildman–Crippen MR) is 120 cm³/mol. The molecule has 0 aromatic carbocycles. The minimum Gasteiger partial charge on any atom is -0.397 e. The van der Waals surface area contributed by atoms with Gasteiger partial charge in [0.15, 0.2) is 0 Å². The van der Waals surface area contributed by atoms with Crippen LogP contribution in [0, 0.1) is 0 Å². The zero-order valence-electron chi connectivity index (χ0n) is 17.4. The summed E-state index contributed by atoms with van der Waals surface area (Å²) in [5, 5.41) is 0. The smallest absolute Gasteiger partial charge is 0.246 e. The fourth-order valence-electron chi connectivity index (χ4n) is 2.33. The number of nitrogens with one attached hydrogen (secondary N) is 1. The number of carbonyl (C=O) groups is 1. The van der Waals surface area contributed by atoms with Crippen molar-refractivity contribution in [2.45, 2.75) is 26.4 Å². The van der Waals surface area contributed by atoms with Gasteiger partial charge in [0.25, 0.3) is 0 Å². The molecule has 1 saturated heterocycles. The van der Waals surface area contributed by atoms with E-state index < -0.39 is 0 Å². The molecule has 8 nitrogen and oxygen atoms in total. The third-order valence-electron chi connectivity index (χ3n) is 3.83. The van der Waals surface area contributed by atoms with Crippen LogP contribution in [0.5, 0.6) is 0 Å². The van der Waals surface area contributed by atoms with E-state index in [0.29, 0.717) is 18.8 Å². The van der Waals surface area contributed by atoms with E-state index in [9.17, 15) is 4.79 Å². The molecule has 0 bridgehead atoms. The second-order valence-electron chi connectivity index (χ2n) is 6.22. The summed E-state index contributed by atoms with van der Waals surface area (Å²) in [4.78, 5) is 16.9. The first-order chi connectivity index (χ1) is 13.8. The normalized spacial score (nSPS) is 17.6. The van der Waals surface area contributed by atoms with Gasteiger partial charge in [0.05, 0.1) is 18.4 Å². The number of ether oxygens (including phenoxy) is 1. The van der Waals surface area contributed by atoms with Crippen molar-refractivity contribution in [3.05, 3.63) is 72.9 Å². The Hall–Kier alpha value is -3.10. The molecule has 0 saturated carbocycles. The molecule has 0 radical (unpaired) electrons. The van der Waals surface area contributed by atoms with Gasteiger partial charge in [-0.25, -0.2) is 4.99 Å². The lowest BCUT2D eigenvalue weighted by molar-refractivity contribution is -0.125. The standard InChI is InChI=1S/C13H19NO2.C8H15N5/c1-4-6-11(3)10-16-12-7-8-14(9-12)13(15)5-2;1-3-7(4-12-6(2)9)8(10)5-13-11/h4-6,12H,1-2,7-10H2,3H3;3-5,13H,2,9-11H2,1H3/b11-6+;7-3+,8-5-,12-4-. The molecule has 0 aromatic rings. The number of rotatable bonds is 9. The molecule has 1 amide bonds. The summed E-state index contributed by atoms with van der Waals surface area (Å²) >= 11 is 0. The van der Waals surface area contributed by atoms with Crippen LogP contribution >= 0.6 is 0 Å². The van der Waals surface area contributed by atoms with Crippen molar-refractivity contribution in [2.24, 2.45) is 22.3 Å². The fourth-order valence-corrected chi connectivity index (χ4v) is 2.33. The van der Waals surface area contributed by atoms with Crippen molar-refractivity contribution >= 4 is 12.1 Å². The van der Waals surface area contributed by atoms with Crippen molar-refractivity contribution in [1.82, 2.24) is 10.3 Å². The van der Waals surface area contributed by atoms with Gasteiger partial charge in [-0.3, -0.25) is 10.6 Å². The second kappa shape index (κ2) is 14.9. The van der Waals surface area contributed by atoms with Crippen LogP contribution in [-0.2, 0) is 9.53 Å². The van der Waals surface area contributed by atoms with E-state index in [1.165, 1.54) is 18.5 Å². The molecule has 1 unspecified atom stereocenters. The predicted octanol–water partition coefficient (Wildman–Crippen LogP) is 1.62. The van der Waals surface area contributed by atoms with E-state index in [1.54, 1.807) is 17.1 Å². The molecule has 1 rings (SSSR count). The molecule has 8 heteroatoms. The lowest BCUT2D eigenvalue weighted by atomic mass is 10.2. The number of amides is 1. The fraction of sp³-hybridized carbons (Fsp3) is 0.333. The minimum absolute atomic E-state index is 0.00976. The number of nitrogens with zero attached hydrogens (tertiary/aromatic N) is 2. The largest absolute Gasteiger partial charge is 0.397 e. The molecule has 0 aliphatic carbocycles. The summed E-state index contributed by atoms with van der Waals surface area (Å²) < 4.78 is 5.70. The summed E-state index contributed by atoms with van der Waals surface area (Å²) in [6, 6.07) is 0. The Bertz CT molecular complexity index is 691. The van der Waals surface area contributed by atoms with Crippen LogP contribution in [0.4, 0.5) is 0 Å². The highest BCUT2D eigenvalue weighted by atomic mass is 16.5. The number of aliphatic imine (C=N–C) groups is 1. The van der Waals surface area contributed by atoms with Crippen LogP contribution in [0.1, 0.15) is 20.3 Å². The van der Waals surface area contributed by atoms with Gasteiger partial charge in [-0.05, 0) is 31.9 Å².